The van der Waals surface area contributed by atoms with Gasteiger partial charge in [0, 0.05) is 39.3 Å². The minimum atomic E-state index is -0.982. The third-order valence-electron chi connectivity index (χ3n) is 5.84. The molecule has 4 heterocycles. The van der Waals surface area contributed by atoms with Gasteiger partial charge in [-0.15, -0.1) is 0 Å². The van der Waals surface area contributed by atoms with Crippen LogP contribution in [0, 0.1) is 12.8 Å². The average molecular weight is 371 g/mol. The van der Waals surface area contributed by atoms with Crippen molar-refractivity contribution in [2.75, 3.05) is 13.1 Å². The van der Waals surface area contributed by atoms with E-state index in [1.807, 2.05) is 24.0 Å². The molecule has 27 heavy (non-hydrogen) atoms. The summed E-state index contributed by atoms with van der Waals surface area (Å²) >= 11 is 0. The Balaban J connectivity index is 1.42. The van der Waals surface area contributed by atoms with Crippen molar-refractivity contribution in [2.24, 2.45) is 13.0 Å². The molecule has 2 aliphatic heterocycles. The van der Waals surface area contributed by atoms with Gasteiger partial charge in [-0.2, -0.15) is 5.10 Å². The highest BCUT2D eigenvalue weighted by Gasteiger charge is 2.38. The second kappa shape index (κ2) is 6.60. The van der Waals surface area contributed by atoms with Gasteiger partial charge in [0.1, 0.15) is 11.4 Å². The minimum absolute atomic E-state index is 0.0651. The molecule has 8 heteroatoms. The number of piperidine rings is 1. The quantitative estimate of drug-likeness (QED) is 0.823. The Morgan fingerprint density at radius 1 is 1.30 bits per heavy atom. The zero-order valence-electron chi connectivity index (χ0n) is 15.8. The van der Waals surface area contributed by atoms with Gasteiger partial charge in [0.25, 0.3) is 0 Å². The number of aryl methyl sites for hydroxylation is 3. The lowest BCUT2D eigenvalue weighted by atomic mass is 9.86. The molecule has 4 rings (SSSR count). The van der Waals surface area contributed by atoms with Gasteiger partial charge < -0.3 is 10.0 Å². The Morgan fingerprint density at radius 2 is 2.04 bits per heavy atom. The highest BCUT2D eigenvalue weighted by atomic mass is 16.3. The largest absolute Gasteiger partial charge is 0.383 e. The van der Waals surface area contributed by atoms with Crippen LogP contribution in [0.25, 0.3) is 0 Å². The van der Waals surface area contributed by atoms with Crippen molar-refractivity contribution in [3.05, 3.63) is 45.9 Å². The van der Waals surface area contributed by atoms with E-state index in [2.05, 4.69) is 10.1 Å². The van der Waals surface area contributed by atoms with Gasteiger partial charge in [-0.05, 0) is 37.8 Å². The first-order valence-corrected chi connectivity index (χ1v) is 9.44. The summed E-state index contributed by atoms with van der Waals surface area (Å²) in [5.41, 5.74) is 0.576. The molecule has 1 atom stereocenters. The molecule has 0 aliphatic carbocycles. The number of rotatable bonds is 2. The predicted molar refractivity (Wildman–Crippen MR) is 98.0 cm³/mol. The molecule has 1 N–H and O–H groups in total. The fourth-order valence-electron chi connectivity index (χ4n) is 4.09. The molecule has 1 saturated heterocycles. The van der Waals surface area contributed by atoms with E-state index in [1.54, 1.807) is 17.8 Å². The number of nitrogens with zero attached hydrogens (tertiary/aromatic N) is 5. The molecule has 2 aromatic rings. The van der Waals surface area contributed by atoms with Gasteiger partial charge >= 0.3 is 5.69 Å². The number of carbonyl (C=O) groups excluding carboxylic acids is 1. The molecule has 0 aromatic carbocycles. The van der Waals surface area contributed by atoms with Crippen molar-refractivity contribution in [3.8, 4) is 0 Å². The number of aliphatic hydroxyl groups is 1. The van der Waals surface area contributed by atoms with Gasteiger partial charge in [-0.3, -0.25) is 14.3 Å². The number of aromatic nitrogens is 4. The molecule has 0 saturated carbocycles. The molecular weight excluding hydrogens is 346 g/mol. The smallest absolute Gasteiger partial charge is 0.345 e. The van der Waals surface area contributed by atoms with E-state index in [0.717, 1.165) is 11.4 Å². The third-order valence-corrected chi connectivity index (χ3v) is 5.84. The summed E-state index contributed by atoms with van der Waals surface area (Å²) in [6, 6.07) is 3.81. The van der Waals surface area contributed by atoms with Crippen LogP contribution < -0.4 is 5.69 Å². The number of likely N-dealkylation sites (tertiary alicyclic amines) is 1. The van der Waals surface area contributed by atoms with Crippen LogP contribution in [-0.2, 0) is 30.4 Å². The zero-order chi connectivity index (χ0) is 19.2. The SMILES string of the molecule is Cc1ccc(C2(O)CCN(C(=O)C3CCc4nn(C)c(=O)n4C3)CC2)nc1. The maximum Gasteiger partial charge on any atom is 0.345 e. The number of amides is 1. The first-order valence-electron chi connectivity index (χ1n) is 9.44. The van der Waals surface area contributed by atoms with Crippen molar-refractivity contribution in [1.82, 2.24) is 24.2 Å². The first-order chi connectivity index (χ1) is 12.9. The number of fused-ring (bicyclic) bond motifs is 1. The van der Waals surface area contributed by atoms with E-state index in [9.17, 15) is 14.7 Å². The Labute approximate surface area is 157 Å². The van der Waals surface area contributed by atoms with Crippen LogP contribution in [0.5, 0.6) is 0 Å². The number of pyridine rings is 1. The van der Waals surface area contributed by atoms with E-state index >= 15 is 0 Å². The van der Waals surface area contributed by atoms with Crippen molar-refractivity contribution < 1.29 is 9.90 Å². The number of carbonyl (C=O) groups is 1. The average Bonchev–Trinajstić information content (AvgIpc) is 2.96. The molecule has 0 radical (unpaired) electrons. The summed E-state index contributed by atoms with van der Waals surface area (Å²) in [6.45, 7) is 3.35. The Kier molecular flexibility index (Phi) is 4.38. The Hall–Kier alpha value is -2.48. The van der Waals surface area contributed by atoms with Crippen LogP contribution in [0.15, 0.2) is 23.1 Å². The molecule has 2 aromatic heterocycles. The Morgan fingerprint density at radius 3 is 2.70 bits per heavy atom. The van der Waals surface area contributed by atoms with Gasteiger partial charge in [0.2, 0.25) is 5.91 Å². The van der Waals surface area contributed by atoms with Crippen molar-refractivity contribution in [2.45, 2.75) is 44.8 Å². The van der Waals surface area contributed by atoms with E-state index in [0.29, 0.717) is 51.0 Å². The van der Waals surface area contributed by atoms with E-state index in [1.165, 1.54) is 4.68 Å². The van der Waals surface area contributed by atoms with Gasteiger partial charge in [0.15, 0.2) is 0 Å². The summed E-state index contributed by atoms with van der Waals surface area (Å²) in [6.07, 6.45) is 4.04. The second-order valence-corrected chi connectivity index (χ2v) is 7.75. The highest BCUT2D eigenvalue weighted by molar-refractivity contribution is 5.79. The van der Waals surface area contributed by atoms with Crippen molar-refractivity contribution in [1.29, 1.82) is 0 Å². The third kappa shape index (κ3) is 3.18. The summed E-state index contributed by atoms with van der Waals surface area (Å²) in [4.78, 5) is 31.3. The van der Waals surface area contributed by atoms with Crippen LogP contribution in [0.1, 0.15) is 36.3 Å². The molecule has 1 amide bonds. The topological polar surface area (TPSA) is 93.3 Å². The van der Waals surface area contributed by atoms with Gasteiger partial charge in [-0.25, -0.2) is 9.48 Å². The van der Waals surface area contributed by atoms with Crippen LogP contribution >= 0.6 is 0 Å². The molecule has 1 fully saturated rings. The lowest BCUT2D eigenvalue weighted by molar-refractivity contribution is -0.141. The van der Waals surface area contributed by atoms with Crippen LogP contribution in [0.3, 0.4) is 0 Å². The van der Waals surface area contributed by atoms with E-state index in [4.69, 9.17) is 0 Å². The second-order valence-electron chi connectivity index (χ2n) is 7.75. The fraction of sp³-hybridized carbons (Fsp3) is 0.579. The lowest BCUT2D eigenvalue weighted by Gasteiger charge is -2.39. The molecule has 2 aliphatic rings. The van der Waals surface area contributed by atoms with E-state index in [-0.39, 0.29) is 17.5 Å². The maximum absolute atomic E-state index is 13.0. The minimum Gasteiger partial charge on any atom is -0.383 e. The van der Waals surface area contributed by atoms with E-state index < -0.39 is 5.60 Å². The molecule has 8 nitrogen and oxygen atoms in total. The summed E-state index contributed by atoms with van der Waals surface area (Å²) in [5, 5.41) is 15.2. The maximum atomic E-state index is 13.0. The molecule has 0 spiro atoms. The van der Waals surface area contributed by atoms with Crippen molar-refractivity contribution >= 4 is 5.91 Å². The first kappa shape index (κ1) is 17.9. The molecule has 0 bridgehead atoms. The standard InChI is InChI=1S/C19H25N5O3/c1-13-3-5-15(20-11-13)19(27)7-9-23(10-8-19)17(25)14-4-6-16-21-22(2)18(26)24(16)12-14/h3,5,11,14,27H,4,6-10,12H2,1-2H3. The monoisotopic (exact) mass is 371 g/mol. The summed E-state index contributed by atoms with van der Waals surface area (Å²) < 4.78 is 2.94. The van der Waals surface area contributed by atoms with Crippen LogP contribution in [0.4, 0.5) is 0 Å². The zero-order valence-corrected chi connectivity index (χ0v) is 15.8. The van der Waals surface area contributed by atoms with Crippen LogP contribution in [-0.4, -0.2) is 48.3 Å². The summed E-state index contributed by atoms with van der Waals surface area (Å²) in [7, 11) is 1.63. The van der Waals surface area contributed by atoms with Crippen molar-refractivity contribution in [3.63, 3.8) is 0 Å². The molecular formula is C19H25N5O3. The lowest BCUT2D eigenvalue weighted by Crippen LogP contribution is -2.49. The van der Waals surface area contributed by atoms with Gasteiger partial charge in [0.05, 0.1) is 11.6 Å². The molecule has 144 valence electrons. The highest BCUT2D eigenvalue weighted by Crippen LogP contribution is 2.32. The van der Waals surface area contributed by atoms with Crippen LogP contribution in [0.2, 0.25) is 0 Å². The fourth-order valence-corrected chi connectivity index (χ4v) is 4.09. The number of hydrogen-bond acceptors (Lipinski definition) is 5. The summed E-state index contributed by atoms with van der Waals surface area (Å²) in [5.74, 6) is 0.614. The predicted octanol–water partition coefficient (Wildman–Crippen LogP) is 0.358. The molecule has 1 unspecified atom stereocenters. The Bertz CT molecular complexity index is 906. The van der Waals surface area contributed by atoms with Gasteiger partial charge in [-0.1, -0.05) is 6.07 Å². The number of hydrogen-bond donors (Lipinski definition) is 1. The normalized spacial score (nSPS) is 21.7.